The first kappa shape index (κ1) is 10.3. The third-order valence-corrected chi connectivity index (χ3v) is 3.14. The van der Waals surface area contributed by atoms with E-state index in [2.05, 4.69) is 4.98 Å². The summed E-state index contributed by atoms with van der Waals surface area (Å²) >= 11 is 1.64. The number of rotatable bonds is 4. The van der Waals surface area contributed by atoms with Crippen molar-refractivity contribution in [2.24, 2.45) is 0 Å². The van der Waals surface area contributed by atoms with Gasteiger partial charge in [0.25, 0.3) is 0 Å². The molecule has 0 amide bonds. The average Bonchev–Trinajstić information content (AvgIpc) is 2.80. The van der Waals surface area contributed by atoms with Crippen LogP contribution < -0.4 is 0 Å². The smallest absolute Gasteiger partial charge is 0.0925 e. The van der Waals surface area contributed by atoms with Crippen LogP contribution >= 0.6 is 11.3 Å². The summed E-state index contributed by atoms with van der Waals surface area (Å²) in [5, 5.41) is 12.9. The van der Waals surface area contributed by atoms with Crippen molar-refractivity contribution in [3.05, 3.63) is 52.5 Å². The largest absolute Gasteiger partial charge is 0.388 e. The summed E-state index contributed by atoms with van der Waals surface area (Å²) in [6.45, 7) is 0. The molecule has 0 spiro atoms. The second kappa shape index (κ2) is 5.05. The molecule has 2 aromatic rings. The van der Waals surface area contributed by atoms with Crippen molar-refractivity contribution in [2.75, 3.05) is 0 Å². The van der Waals surface area contributed by atoms with Crippen molar-refractivity contribution < 1.29 is 5.11 Å². The molecule has 0 aliphatic rings. The highest BCUT2D eigenvalue weighted by Crippen LogP contribution is 2.19. The minimum Gasteiger partial charge on any atom is -0.388 e. The summed E-state index contributed by atoms with van der Waals surface area (Å²) in [4.78, 5) is 4.19. The zero-order valence-electron chi connectivity index (χ0n) is 8.34. The fraction of sp³-hybridized carbons (Fsp3) is 0.250. The predicted molar refractivity (Wildman–Crippen MR) is 61.8 cm³/mol. The number of hydrogen-bond donors (Lipinski definition) is 1. The molecule has 0 fully saturated rings. The van der Waals surface area contributed by atoms with E-state index in [4.69, 9.17) is 0 Å². The van der Waals surface area contributed by atoms with Crippen molar-refractivity contribution in [3.63, 3.8) is 0 Å². The van der Waals surface area contributed by atoms with Gasteiger partial charge in [0.2, 0.25) is 0 Å². The van der Waals surface area contributed by atoms with E-state index in [0.29, 0.717) is 0 Å². The van der Waals surface area contributed by atoms with E-state index < -0.39 is 0 Å². The second-order valence-corrected chi connectivity index (χ2v) is 4.37. The van der Waals surface area contributed by atoms with E-state index in [1.54, 1.807) is 17.5 Å². The molecule has 2 nitrogen and oxygen atoms in total. The molecule has 3 heteroatoms. The summed E-state index contributed by atoms with van der Waals surface area (Å²) in [5.41, 5.74) is 0.981. The Balaban J connectivity index is 1.90. The van der Waals surface area contributed by atoms with Gasteiger partial charge in [-0.3, -0.25) is 0 Å². The number of aliphatic hydroxyl groups excluding tert-OH is 1. The van der Waals surface area contributed by atoms with Crippen molar-refractivity contribution in [2.45, 2.75) is 18.9 Å². The van der Waals surface area contributed by atoms with E-state index in [0.717, 1.165) is 23.4 Å². The van der Waals surface area contributed by atoms with Gasteiger partial charge in [-0.15, -0.1) is 11.3 Å². The summed E-state index contributed by atoms with van der Waals surface area (Å²) in [7, 11) is 0. The number of hydrogen-bond acceptors (Lipinski definition) is 3. The van der Waals surface area contributed by atoms with Gasteiger partial charge >= 0.3 is 0 Å². The van der Waals surface area contributed by atoms with E-state index in [1.807, 2.05) is 35.7 Å². The molecule has 78 valence electrons. The maximum atomic E-state index is 9.90. The van der Waals surface area contributed by atoms with Crippen LogP contribution in [0, 0.1) is 0 Å². The monoisotopic (exact) mass is 219 g/mol. The quantitative estimate of drug-likeness (QED) is 0.857. The van der Waals surface area contributed by atoms with E-state index in [-0.39, 0.29) is 6.10 Å². The molecule has 15 heavy (non-hydrogen) atoms. The maximum Gasteiger partial charge on any atom is 0.0925 e. The molecule has 1 unspecified atom stereocenters. The number of aromatic nitrogens is 1. The number of benzene rings is 1. The predicted octanol–water partition coefficient (Wildman–Crippen LogP) is 2.81. The lowest BCUT2D eigenvalue weighted by molar-refractivity contribution is 0.168. The van der Waals surface area contributed by atoms with Gasteiger partial charge < -0.3 is 5.11 Å². The summed E-state index contributed by atoms with van der Waals surface area (Å²) in [5.74, 6) is 0. The average molecular weight is 219 g/mol. The zero-order valence-corrected chi connectivity index (χ0v) is 9.15. The Labute approximate surface area is 93.2 Å². The number of aliphatic hydroxyl groups is 1. The lowest BCUT2D eigenvalue weighted by Gasteiger charge is -2.09. The Hall–Kier alpha value is -1.19. The fourth-order valence-corrected chi connectivity index (χ4v) is 2.11. The van der Waals surface area contributed by atoms with Gasteiger partial charge in [-0.25, -0.2) is 4.98 Å². The van der Waals surface area contributed by atoms with Crippen LogP contribution in [-0.2, 0) is 6.42 Å². The molecule has 1 atom stereocenters. The Bertz CT molecular complexity index is 385. The summed E-state index contributed by atoms with van der Waals surface area (Å²) in [6, 6.07) is 9.75. The zero-order chi connectivity index (χ0) is 10.5. The van der Waals surface area contributed by atoms with Crippen LogP contribution in [0.25, 0.3) is 0 Å². The van der Waals surface area contributed by atoms with Crippen molar-refractivity contribution in [3.8, 4) is 0 Å². The molecule has 0 radical (unpaired) electrons. The van der Waals surface area contributed by atoms with Crippen molar-refractivity contribution in [1.29, 1.82) is 0 Å². The normalized spacial score (nSPS) is 12.6. The van der Waals surface area contributed by atoms with Gasteiger partial charge in [0, 0.05) is 18.0 Å². The van der Waals surface area contributed by atoms with Crippen molar-refractivity contribution >= 4 is 11.3 Å². The molecule has 0 saturated carbocycles. The minimum absolute atomic E-state index is 0.380. The van der Waals surface area contributed by atoms with E-state index in [9.17, 15) is 5.11 Å². The SMILES string of the molecule is OC(CCc1nccs1)c1ccccc1. The standard InChI is InChI=1S/C12H13NOS/c14-11(10-4-2-1-3-5-10)6-7-12-13-8-9-15-12/h1-5,8-9,11,14H,6-7H2. The van der Waals surface area contributed by atoms with Crippen LogP contribution in [0.4, 0.5) is 0 Å². The Morgan fingerprint density at radius 1 is 1.27 bits per heavy atom. The third kappa shape index (κ3) is 2.88. The molecule has 1 N–H and O–H groups in total. The molecule has 2 rings (SSSR count). The van der Waals surface area contributed by atoms with Gasteiger partial charge in [0.1, 0.15) is 0 Å². The number of aryl methyl sites for hydroxylation is 1. The molecule has 0 aliphatic heterocycles. The first-order chi connectivity index (χ1) is 7.36. The number of nitrogens with zero attached hydrogens (tertiary/aromatic N) is 1. The topological polar surface area (TPSA) is 33.1 Å². The van der Waals surface area contributed by atoms with Crippen LogP contribution in [0.1, 0.15) is 23.1 Å². The Morgan fingerprint density at radius 2 is 2.07 bits per heavy atom. The highest BCUT2D eigenvalue weighted by molar-refractivity contribution is 7.09. The molecule has 0 bridgehead atoms. The van der Waals surface area contributed by atoms with Crippen molar-refractivity contribution in [1.82, 2.24) is 4.98 Å². The molecule has 1 heterocycles. The van der Waals surface area contributed by atoms with Crippen LogP contribution in [0.3, 0.4) is 0 Å². The molecule has 0 aliphatic carbocycles. The second-order valence-electron chi connectivity index (χ2n) is 3.39. The van der Waals surface area contributed by atoms with Crippen LogP contribution in [0.15, 0.2) is 41.9 Å². The molecule has 1 aromatic carbocycles. The number of thiazole rings is 1. The van der Waals surface area contributed by atoms with E-state index in [1.165, 1.54) is 0 Å². The highest BCUT2D eigenvalue weighted by atomic mass is 32.1. The Morgan fingerprint density at radius 3 is 2.73 bits per heavy atom. The molecular formula is C12H13NOS. The van der Waals surface area contributed by atoms with Crippen LogP contribution in [0.2, 0.25) is 0 Å². The molecule has 1 aromatic heterocycles. The minimum atomic E-state index is -0.380. The highest BCUT2D eigenvalue weighted by Gasteiger charge is 2.07. The van der Waals surface area contributed by atoms with Crippen LogP contribution in [0.5, 0.6) is 0 Å². The van der Waals surface area contributed by atoms with Crippen LogP contribution in [-0.4, -0.2) is 10.1 Å². The summed E-state index contributed by atoms with van der Waals surface area (Å²) < 4.78 is 0. The van der Waals surface area contributed by atoms with E-state index >= 15 is 0 Å². The first-order valence-electron chi connectivity index (χ1n) is 4.97. The lowest BCUT2D eigenvalue weighted by atomic mass is 10.1. The lowest BCUT2D eigenvalue weighted by Crippen LogP contribution is -1.98. The van der Waals surface area contributed by atoms with Gasteiger partial charge in [-0.1, -0.05) is 30.3 Å². The fourth-order valence-electron chi connectivity index (χ4n) is 1.48. The van der Waals surface area contributed by atoms with Gasteiger partial charge in [-0.2, -0.15) is 0 Å². The molecular weight excluding hydrogens is 206 g/mol. The summed E-state index contributed by atoms with van der Waals surface area (Å²) in [6.07, 6.45) is 3.00. The third-order valence-electron chi connectivity index (χ3n) is 2.30. The first-order valence-corrected chi connectivity index (χ1v) is 5.85. The van der Waals surface area contributed by atoms with Gasteiger partial charge in [0.15, 0.2) is 0 Å². The molecule has 0 saturated heterocycles. The Kier molecular flexibility index (Phi) is 3.48. The maximum absolute atomic E-state index is 9.90. The van der Waals surface area contributed by atoms with Gasteiger partial charge in [-0.05, 0) is 12.0 Å². The van der Waals surface area contributed by atoms with Gasteiger partial charge in [0.05, 0.1) is 11.1 Å².